The van der Waals surface area contributed by atoms with Crippen LogP contribution in [0.2, 0.25) is 0 Å². The van der Waals surface area contributed by atoms with Gasteiger partial charge in [0.2, 0.25) is 5.88 Å². The van der Waals surface area contributed by atoms with Gasteiger partial charge < -0.3 is 15.8 Å². The molecule has 1 amide bonds. The molecule has 0 unspecified atom stereocenters. The highest BCUT2D eigenvalue weighted by molar-refractivity contribution is 7.12. The molecule has 94 valence electrons. The number of carbonyl (C=O) groups excluding carboxylic acids is 1. The lowest BCUT2D eigenvalue weighted by molar-refractivity contribution is 0.0956. The van der Waals surface area contributed by atoms with Crippen LogP contribution in [0, 0.1) is 0 Å². The van der Waals surface area contributed by atoms with Gasteiger partial charge in [0.15, 0.2) is 0 Å². The highest BCUT2D eigenvalue weighted by Gasteiger charge is 2.10. The van der Waals surface area contributed by atoms with Crippen LogP contribution in [0.1, 0.15) is 15.2 Å². The number of methoxy groups -OCH3 is 1. The maximum Gasteiger partial charge on any atom is 0.263 e. The number of anilines is 1. The third-order valence-corrected chi connectivity index (χ3v) is 3.29. The molecule has 6 heteroatoms. The maximum absolute atomic E-state index is 11.8. The first kappa shape index (κ1) is 12.4. The summed E-state index contributed by atoms with van der Waals surface area (Å²) in [5, 5.41) is 4.58. The molecular formula is C12H13N3O2S. The van der Waals surface area contributed by atoms with E-state index in [0.717, 1.165) is 5.56 Å². The van der Waals surface area contributed by atoms with Gasteiger partial charge in [0.05, 0.1) is 12.8 Å². The van der Waals surface area contributed by atoms with Gasteiger partial charge in [-0.15, -0.1) is 11.3 Å². The summed E-state index contributed by atoms with van der Waals surface area (Å²) in [5.74, 6) is 0.380. The second-order valence-electron chi connectivity index (χ2n) is 3.60. The molecule has 0 spiro atoms. The second-order valence-corrected chi connectivity index (χ2v) is 4.51. The number of carbonyl (C=O) groups is 1. The van der Waals surface area contributed by atoms with Gasteiger partial charge >= 0.3 is 0 Å². The van der Waals surface area contributed by atoms with Gasteiger partial charge in [0.25, 0.3) is 5.91 Å². The van der Waals surface area contributed by atoms with Gasteiger partial charge in [0, 0.05) is 18.8 Å². The Labute approximate surface area is 109 Å². The number of hydrogen-bond donors (Lipinski definition) is 2. The van der Waals surface area contributed by atoms with E-state index in [9.17, 15) is 4.79 Å². The number of pyridine rings is 1. The SMILES string of the molecule is COc1ccc(CNC(=O)c2sccc2N)cn1. The van der Waals surface area contributed by atoms with Crippen molar-refractivity contribution in [1.82, 2.24) is 10.3 Å². The van der Waals surface area contributed by atoms with Crippen LogP contribution in [-0.4, -0.2) is 18.0 Å². The van der Waals surface area contributed by atoms with Crippen molar-refractivity contribution in [2.24, 2.45) is 0 Å². The van der Waals surface area contributed by atoms with Crippen LogP contribution >= 0.6 is 11.3 Å². The first-order valence-corrected chi connectivity index (χ1v) is 6.18. The van der Waals surface area contributed by atoms with Crippen LogP contribution in [0.5, 0.6) is 5.88 Å². The zero-order chi connectivity index (χ0) is 13.0. The summed E-state index contributed by atoms with van der Waals surface area (Å²) < 4.78 is 4.96. The molecule has 0 aliphatic carbocycles. The number of amides is 1. The number of ether oxygens (including phenoxy) is 1. The highest BCUT2D eigenvalue weighted by Crippen LogP contribution is 2.18. The number of hydrogen-bond acceptors (Lipinski definition) is 5. The molecule has 2 aromatic heterocycles. The topological polar surface area (TPSA) is 77.2 Å². The Morgan fingerprint density at radius 3 is 2.89 bits per heavy atom. The lowest BCUT2D eigenvalue weighted by atomic mass is 10.3. The summed E-state index contributed by atoms with van der Waals surface area (Å²) in [6.45, 7) is 0.410. The molecular weight excluding hydrogens is 250 g/mol. The largest absolute Gasteiger partial charge is 0.481 e. The normalized spacial score (nSPS) is 10.1. The van der Waals surface area contributed by atoms with Gasteiger partial charge in [-0.05, 0) is 17.0 Å². The maximum atomic E-state index is 11.8. The van der Waals surface area contributed by atoms with Crippen molar-refractivity contribution >= 4 is 22.9 Å². The van der Waals surface area contributed by atoms with E-state index in [-0.39, 0.29) is 5.91 Å². The Balaban J connectivity index is 1.95. The molecule has 0 atom stereocenters. The van der Waals surface area contributed by atoms with Crippen LogP contribution in [0.3, 0.4) is 0 Å². The van der Waals surface area contributed by atoms with Crippen LogP contribution in [0.15, 0.2) is 29.8 Å². The number of nitrogens with zero attached hydrogens (tertiary/aromatic N) is 1. The molecule has 2 rings (SSSR count). The second kappa shape index (κ2) is 5.50. The minimum Gasteiger partial charge on any atom is -0.481 e. The average molecular weight is 263 g/mol. The number of nitrogens with two attached hydrogens (primary N) is 1. The van der Waals surface area contributed by atoms with Crippen LogP contribution in [-0.2, 0) is 6.54 Å². The summed E-state index contributed by atoms with van der Waals surface area (Å²) >= 11 is 1.33. The molecule has 5 nitrogen and oxygen atoms in total. The fourth-order valence-corrected chi connectivity index (χ4v) is 2.14. The molecule has 0 aromatic carbocycles. The van der Waals surface area contributed by atoms with Gasteiger partial charge in [-0.3, -0.25) is 4.79 Å². The monoisotopic (exact) mass is 263 g/mol. The Bertz CT molecular complexity index is 537. The lowest BCUT2D eigenvalue weighted by Crippen LogP contribution is -2.22. The van der Waals surface area contributed by atoms with Crippen LogP contribution < -0.4 is 15.8 Å². The predicted molar refractivity (Wildman–Crippen MR) is 70.7 cm³/mol. The lowest BCUT2D eigenvalue weighted by Gasteiger charge is -2.05. The zero-order valence-electron chi connectivity index (χ0n) is 9.84. The number of nitrogens with one attached hydrogen (secondary N) is 1. The van der Waals surface area contributed by atoms with Crippen LogP contribution in [0.25, 0.3) is 0 Å². The third-order valence-electron chi connectivity index (χ3n) is 2.36. The van der Waals surface area contributed by atoms with Crippen molar-refractivity contribution in [3.63, 3.8) is 0 Å². The van der Waals surface area contributed by atoms with E-state index < -0.39 is 0 Å². The van der Waals surface area contributed by atoms with E-state index in [1.165, 1.54) is 11.3 Å². The standard InChI is InChI=1S/C12H13N3O2S/c1-17-10-3-2-8(6-14-10)7-15-12(16)11-9(13)4-5-18-11/h2-6H,7,13H2,1H3,(H,15,16). The summed E-state index contributed by atoms with van der Waals surface area (Å²) in [4.78, 5) is 16.4. The summed E-state index contributed by atoms with van der Waals surface area (Å²) in [7, 11) is 1.56. The minimum atomic E-state index is -0.168. The molecule has 2 aromatic rings. The number of thiophene rings is 1. The van der Waals surface area contributed by atoms with Crippen LogP contribution in [0.4, 0.5) is 5.69 Å². The molecule has 0 aliphatic heterocycles. The predicted octanol–water partition coefficient (Wildman–Crippen LogP) is 1.66. The molecule has 18 heavy (non-hydrogen) atoms. The third kappa shape index (κ3) is 2.78. The smallest absolute Gasteiger partial charge is 0.263 e. The molecule has 0 radical (unpaired) electrons. The number of nitrogen functional groups attached to an aromatic ring is 1. The van der Waals surface area contributed by atoms with Crippen molar-refractivity contribution in [3.8, 4) is 5.88 Å². The van der Waals surface area contributed by atoms with Gasteiger partial charge in [-0.25, -0.2) is 4.98 Å². The molecule has 0 bridgehead atoms. The average Bonchev–Trinajstić information content (AvgIpc) is 2.83. The van der Waals surface area contributed by atoms with Gasteiger partial charge in [-0.1, -0.05) is 6.07 Å². The minimum absolute atomic E-state index is 0.168. The molecule has 2 heterocycles. The zero-order valence-corrected chi connectivity index (χ0v) is 10.7. The van der Waals surface area contributed by atoms with E-state index in [1.807, 2.05) is 6.07 Å². The number of aromatic nitrogens is 1. The Morgan fingerprint density at radius 1 is 1.50 bits per heavy atom. The number of rotatable bonds is 4. The summed E-state index contributed by atoms with van der Waals surface area (Å²) in [5.41, 5.74) is 7.08. The summed E-state index contributed by atoms with van der Waals surface area (Å²) in [6, 6.07) is 5.32. The Morgan fingerprint density at radius 2 is 2.33 bits per heavy atom. The molecule has 0 aliphatic rings. The quantitative estimate of drug-likeness (QED) is 0.879. The van der Waals surface area contributed by atoms with Gasteiger partial charge in [-0.2, -0.15) is 0 Å². The molecule has 3 N–H and O–H groups in total. The molecule has 0 saturated heterocycles. The van der Waals surface area contributed by atoms with E-state index in [2.05, 4.69) is 10.3 Å². The fraction of sp³-hybridized carbons (Fsp3) is 0.167. The fourth-order valence-electron chi connectivity index (χ4n) is 1.40. The first-order valence-electron chi connectivity index (χ1n) is 5.31. The molecule has 0 saturated carbocycles. The Hall–Kier alpha value is -2.08. The van der Waals surface area contributed by atoms with E-state index in [4.69, 9.17) is 10.5 Å². The Kier molecular flexibility index (Phi) is 3.78. The van der Waals surface area contributed by atoms with E-state index >= 15 is 0 Å². The summed E-state index contributed by atoms with van der Waals surface area (Å²) in [6.07, 6.45) is 1.66. The van der Waals surface area contributed by atoms with Crippen molar-refractivity contribution in [2.75, 3.05) is 12.8 Å². The van der Waals surface area contributed by atoms with Crippen molar-refractivity contribution < 1.29 is 9.53 Å². The highest BCUT2D eigenvalue weighted by atomic mass is 32.1. The first-order chi connectivity index (χ1) is 8.70. The van der Waals surface area contributed by atoms with Crippen molar-refractivity contribution in [3.05, 3.63) is 40.2 Å². The van der Waals surface area contributed by atoms with Crippen molar-refractivity contribution in [1.29, 1.82) is 0 Å². The van der Waals surface area contributed by atoms with E-state index in [0.29, 0.717) is 23.0 Å². The van der Waals surface area contributed by atoms with Gasteiger partial charge in [0.1, 0.15) is 4.88 Å². The van der Waals surface area contributed by atoms with E-state index in [1.54, 1.807) is 30.8 Å². The molecule has 0 fully saturated rings. The van der Waals surface area contributed by atoms with Crippen molar-refractivity contribution in [2.45, 2.75) is 6.54 Å².